The fourth-order valence-corrected chi connectivity index (χ4v) is 4.72. The highest BCUT2D eigenvalue weighted by Crippen LogP contribution is 2.39. The molecule has 2 N–H and O–H groups in total. The molecule has 1 saturated carbocycles. The molecule has 2 aliphatic heterocycles. The van der Waals surface area contributed by atoms with Gasteiger partial charge in [0.05, 0.1) is 26.1 Å². The minimum absolute atomic E-state index is 0.0331. The molecule has 4 atom stereocenters. The summed E-state index contributed by atoms with van der Waals surface area (Å²) in [6.45, 7) is -2.62. The SMILES string of the molecule is [2H]C([2H])([2H])n1nnc(-c2ccc(-c3ncc(N([C@H]4C[C@H]5CCC[C@H](N5)[C@H]4F)C4([2H])C([2H])([2H])C4([2H])[2H])nn3)c(O)c2)n1. The van der Waals surface area contributed by atoms with E-state index in [-0.39, 0.29) is 46.8 Å². The largest absolute Gasteiger partial charge is 0.507 e. The van der Waals surface area contributed by atoms with E-state index < -0.39 is 44.0 Å². The van der Waals surface area contributed by atoms with Gasteiger partial charge in [0.25, 0.3) is 0 Å². The number of aryl methyl sites for hydroxylation is 1. The third kappa shape index (κ3) is 3.79. The number of aromatic hydroxyl groups is 1. The number of phenolic OH excluding ortho intramolecular Hbond substituents is 1. The van der Waals surface area contributed by atoms with E-state index in [1.54, 1.807) is 0 Å². The molecule has 2 bridgehead atoms. The second-order valence-electron chi connectivity index (χ2n) is 8.39. The van der Waals surface area contributed by atoms with Crippen LogP contribution in [0.15, 0.2) is 24.4 Å². The lowest BCUT2D eigenvalue weighted by Crippen LogP contribution is -2.62. The number of halogens is 1. The standard InChI is InChI=1S/C22H26FN9O/c1-31-29-21(28-30-31)12-5-8-15(18(33)9-12)22-24-11-19(26-27-22)32(14-6-7-14)17-10-13-3-2-4-16(25-13)20(17)23/h5,8-9,11,13-14,16-17,20,25,33H,2-4,6-7,10H2,1H3/t13-,16+,17+,20-/m1/s1/i1D3,6D2,7D2,14D. The van der Waals surface area contributed by atoms with Crippen LogP contribution in [0.5, 0.6) is 5.75 Å². The van der Waals surface area contributed by atoms with Gasteiger partial charge < -0.3 is 15.3 Å². The van der Waals surface area contributed by atoms with Gasteiger partial charge in [-0.25, -0.2) is 9.37 Å². The van der Waals surface area contributed by atoms with Gasteiger partial charge in [-0.3, -0.25) is 0 Å². The Morgan fingerprint density at radius 2 is 2.18 bits per heavy atom. The average Bonchev–Trinajstić information content (AvgIpc) is 3.29. The van der Waals surface area contributed by atoms with Crippen molar-refractivity contribution in [3.63, 3.8) is 0 Å². The number of anilines is 1. The number of alkyl halides is 1. The van der Waals surface area contributed by atoms with Gasteiger partial charge >= 0.3 is 0 Å². The van der Waals surface area contributed by atoms with Crippen molar-refractivity contribution < 1.29 is 20.5 Å². The van der Waals surface area contributed by atoms with Crippen molar-refractivity contribution in [3.8, 4) is 28.5 Å². The highest BCUT2D eigenvalue weighted by molar-refractivity contribution is 5.70. The number of aromatic nitrogens is 7. The van der Waals surface area contributed by atoms with Crippen LogP contribution in [0.1, 0.15) is 49.4 Å². The minimum atomic E-state index is -2.62. The van der Waals surface area contributed by atoms with E-state index in [2.05, 4.69) is 35.9 Å². The fourth-order valence-electron chi connectivity index (χ4n) is 4.72. The van der Waals surface area contributed by atoms with Crippen LogP contribution in [-0.4, -0.2) is 70.8 Å². The molecule has 0 spiro atoms. The van der Waals surface area contributed by atoms with Gasteiger partial charge in [0.1, 0.15) is 11.9 Å². The second-order valence-corrected chi connectivity index (χ2v) is 8.39. The minimum Gasteiger partial charge on any atom is -0.507 e. The van der Waals surface area contributed by atoms with Crippen LogP contribution < -0.4 is 10.2 Å². The quantitative estimate of drug-likeness (QED) is 0.591. The number of fused-ring (bicyclic) bond motifs is 2. The van der Waals surface area contributed by atoms with Crippen molar-refractivity contribution in [2.75, 3.05) is 4.90 Å². The molecule has 10 nitrogen and oxygen atoms in total. The zero-order valence-electron chi connectivity index (χ0n) is 25.4. The Kier molecular flexibility index (Phi) is 3.26. The molecule has 0 unspecified atom stereocenters. The van der Waals surface area contributed by atoms with Crippen LogP contribution in [-0.2, 0) is 6.98 Å². The van der Waals surface area contributed by atoms with Gasteiger partial charge in [-0.1, -0.05) is 12.5 Å². The fraction of sp³-hybridized carbons (Fsp3) is 0.545. The van der Waals surface area contributed by atoms with Crippen molar-refractivity contribution >= 4 is 5.82 Å². The number of nitrogens with zero attached hydrogens (tertiary/aromatic N) is 8. The third-order valence-electron chi connectivity index (χ3n) is 6.31. The topological polar surface area (TPSA) is 118 Å². The van der Waals surface area contributed by atoms with Gasteiger partial charge in [-0.2, -0.15) is 4.80 Å². The summed E-state index contributed by atoms with van der Waals surface area (Å²) >= 11 is 0. The predicted octanol–water partition coefficient (Wildman–Crippen LogP) is 2.02. The summed E-state index contributed by atoms with van der Waals surface area (Å²) in [6, 6.07) is 0.161. The van der Waals surface area contributed by atoms with Crippen LogP contribution in [0.3, 0.4) is 0 Å². The highest BCUT2D eigenvalue weighted by atomic mass is 19.1. The van der Waals surface area contributed by atoms with Crippen molar-refractivity contribution in [1.82, 2.24) is 40.7 Å². The number of phenols is 1. The Balaban J connectivity index is 1.32. The molecule has 1 aromatic carbocycles. The highest BCUT2D eigenvalue weighted by Gasteiger charge is 2.46. The summed E-state index contributed by atoms with van der Waals surface area (Å²) in [4.78, 5) is 5.78. The number of benzene rings is 1. The number of nitrogens with one attached hydrogen (secondary N) is 1. The Morgan fingerprint density at radius 3 is 2.91 bits per heavy atom. The van der Waals surface area contributed by atoms with Gasteiger partial charge in [-0.15, -0.1) is 20.4 Å². The first-order valence-electron chi connectivity index (χ1n) is 14.7. The summed E-state index contributed by atoms with van der Waals surface area (Å²) < 4.78 is 79.7. The molecule has 4 heterocycles. The summed E-state index contributed by atoms with van der Waals surface area (Å²) in [6.07, 6.45) is -3.11. The first-order chi connectivity index (χ1) is 19.2. The maximum Gasteiger partial charge on any atom is 0.205 e. The van der Waals surface area contributed by atoms with Crippen molar-refractivity contribution in [2.45, 2.75) is 68.7 Å². The van der Waals surface area contributed by atoms with E-state index in [0.717, 1.165) is 17.7 Å². The van der Waals surface area contributed by atoms with Crippen LogP contribution in [0, 0.1) is 0 Å². The van der Waals surface area contributed by atoms with Gasteiger partial charge in [0, 0.05) is 33.3 Å². The van der Waals surface area contributed by atoms with Gasteiger partial charge in [0.2, 0.25) is 5.82 Å². The number of piperidine rings is 2. The molecular formula is C22H26FN9O. The lowest BCUT2D eigenvalue weighted by Gasteiger charge is -2.47. The zero-order valence-corrected chi connectivity index (χ0v) is 17.4. The Labute approximate surface area is 201 Å². The van der Waals surface area contributed by atoms with E-state index in [1.165, 1.54) is 24.4 Å². The first kappa shape index (κ1) is 13.5. The molecule has 3 aromatic rings. The monoisotopic (exact) mass is 459 g/mol. The van der Waals surface area contributed by atoms with E-state index in [1.807, 2.05) is 0 Å². The predicted molar refractivity (Wildman–Crippen MR) is 118 cm³/mol. The van der Waals surface area contributed by atoms with Gasteiger partial charge in [-0.05, 0) is 49.4 Å². The Morgan fingerprint density at radius 1 is 1.27 bits per heavy atom. The van der Waals surface area contributed by atoms with Crippen molar-refractivity contribution in [1.29, 1.82) is 0 Å². The molecule has 172 valence electrons. The summed E-state index contributed by atoms with van der Waals surface area (Å²) in [5.41, 5.74) is 0.414. The molecule has 3 aliphatic rings. The molecule has 3 fully saturated rings. The van der Waals surface area contributed by atoms with Crippen molar-refractivity contribution in [2.24, 2.45) is 6.98 Å². The van der Waals surface area contributed by atoms with Crippen molar-refractivity contribution in [3.05, 3.63) is 24.4 Å². The number of tetrazole rings is 1. The van der Waals surface area contributed by atoms with E-state index in [4.69, 9.17) is 11.0 Å². The summed E-state index contributed by atoms with van der Waals surface area (Å²) in [7, 11) is 0. The molecule has 1 aliphatic carbocycles. The van der Waals surface area contributed by atoms with E-state index >= 15 is 4.39 Å². The molecule has 33 heavy (non-hydrogen) atoms. The normalized spacial score (nSPS) is 34.8. The summed E-state index contributed by atoms with van der Waals surface area (Å²) in [5.74, 6) is -0.532. The zero-order chi connectivity index (χ0) is 29.5. The van der Waals surface area contributed by atoms with E-state index in [0.29, 0.717) is 11.2 Å². The summed E-state index contributed by atoms with van der Waals surface area (Å²) in [5, 5.41) is 33.1. The van der Waals surface area contributed by atoms with Gasteiger partial charge in [0.15, 0.2) is 11.6 Å². The van der Waals surface area contributed by atoms with Crippen LogP contribution in [0.4, 0.5) is 10.2 Å². The Hall–Kier alpha value is -3.21. The molecule has 11 heteroatoms. The number of hydrogen-bond donors (Lipinski definition) is 2. The maximum atomic E-state index is 15.8. The lowest BCUT2D eigenvalue weighted by molar-refractivity contribution is 0.104. The first-order valence-corrected chi connectivity index (χ1v) is 10.7. The van der Waals surface area contributed by atoms with Crippen LogP contribution in [0.2, 0.25) is 0 Å². The lowest BCUT2D eigenvalue weighted by atomic mass is 9.82. The Bertz CT molecular complexity index is 1460. The number of rotatable bonds is 5. The molecule has 2 saturated heterocycles. The number of hydrogen-bond acceptors (Lipinski definition) is 9. The second kappa shape index (κ2) is 7.98. The molecular weight excluding hydrogens is 425 g/mol. The third-order valence-corrected chi connectivity index (χ3v) is 6.31. The smallest absolute Gasteiger partial charge is 0.205 e. The molecule has 0 amide bonds. The average molecular weight is 460 g/mol. The van der Waals surface area contributed by atoms with Crippen LogP contribution >= 0.6 is 0 Å². The van der Waals surface area contributed by atoms with Crippen LogP contribution in [0.25, 0.3) is 22.8 Å². The molecule has 2 aromatic heterocycles. The maximum absolute atomic E-state index is 15.8. The molecule has 6 rings (SSSR count). The van der Waals surface area contributed by atoms with E-state index in [9.17, 15) is 5.11 Å². The molecule has 0 radical (unpaired) electrons.